The molecule has 88 valence electrons. The fourth-order valence-electron chi connectivity index (χ4n) is 1.47. The van der Waals surface area contributed by atoms with Gasteiger partial charge in [0.25, 0.3) is 5.91 Å². The van der Waals surface area contributed by atoms with Crippen molar-refractivity contribution < 1.29 is 4.79 Å². The molecule has 0 saturated heterocycles. The van der Waals surface area contributed by atoms with Crippen molar-refractivity contribution in [3.63, 3.8) is 0 Å². The average molecular weight is 231 g/mol. The quantitative estimate of drug-likeness (QED) is 0.667. The number of aromatic nitrogens is 2. The predicted molar refractivity (Wildman–Crippen MR) is 66.4 cm³/mol. The Morgan fingerprint density at radius 2 is 2.18 bits per heavy atom. The summed E-state index contributed by atoms with van der Waals surface area (Å²) in [4.78, 5) is 11.9. The first-order valence-corrected chi connectivity index (χ1v) is 5.01. The van der Waals surface area contributed by atoms with Gasteiger partial charge in [-0.3, -0.25) is 9.48 Å². The minimum absolute atomic E-state index is 0.282. The number of anilines is 3. The summed E-state index contributed by atoms with van der Waals surface area (Å²) >= 11 is 0. The zero-order valence-electron chi connectivity index (χ0n) is 9.34. The van der Waals surface area contributed by atoms with Gasteiger partial charge >= 0.3 is 0 Å². The maximum absolute atomic E-state index is 11.9. The van der Waals surface area contributed by atoms with Gasteiger partial charge in [0.15, 0.2) is 0 Å². The van der Waals surface area contributed by atoms with Crippen molar-refractivity contribution >= 4 is 23.0 Å². The van der Waals surface area contributed by atoms with Crippen molar-refractivity contribution in [2.75, 3.05) is 16.8 Å². The summed E-state index contributed by atoms with van der Waals surface area (Å²) in [5.41, 5.74) is 13.2. The SMILES string of the molecule is Cn1cc(NC(=O)c2ccc(N)cc2N)cn1. The van der Waals surface area contributed by atoms with E-state index in [1.807, 2.05) is 0 Å². The Labute approximate surface area is 98.2 Å². The molecule has 1 aromatic heterocycles. The van der Waals surface area contributed by atoms with Crippen molar-refractivity contribution in [3.8, 4) is 0 Å². The van der Waals surface area contributed by atoms with Crippen LogP contribution in [0.5, 0.6) is 0 Å². The second kappa shape index (κ2) is 4.17. The van der Waals surface area contributed by atoms with E-state index in [9.17, 15) is 4.79 Å². The van der Waals surface area contributed by atoms with Gasteiger partial charge in [-0.05, 0) is 18.2 Å². The van der Waals surface area contributed by atoms with Crippen LogP contribution in [-0.2, 0) is 7.05 Å². The molecule has 0 radical (unpaired) electrons. The normalized spacial score (nSPS) is 10.2. The maximum atomic E-state index is 11.9. The summed E-state index contributed by atoms with van der Waals surface area (Å²) in [5, 5.41) is 6.65. The van der Waals surface area contributed by atoms with Crippen LogP contribution in [-0.4, -0.2) is 15.7 Å². The van der Waals surface area contributed by atoms with Gasteiger partial charge in [-0.2, -0.15) is 5.10 Å². The number of nitrogens with two attached hydrogens (primary N) is 2. The van der Waals surface area contributed by atoms with E-state index in [2.05, 4.69) is 10.4 Å². The number of hydrogen-bond acceptors (Lipinski definition) is 4. The number of nitrogens with zero attached hydrogens (tertiary/aromatic N) is 2. The van der Waals surface area contributed by atoms with E-state index in [1.54, 1.807) is 42.3 Å². The number of carbonyl (C=O) groups excluding carboxylic acids is 1. The summed E-state index contributed by atoms with van der Waals surface area (Å²) in [6.45, 7) is 0. The molecule has 0 aliphatic carbocycles. The predicted octanol–water partition coefficient (Wildman–Crippen LogP) is 0.837. The molecule has 0 saturated carbocycles. The van der Waals surface area contributed by atoms with E-state index < -0.39 is 0 Å². The highest BCUT2D eigenvalue weighted by Crippen LogP contribution is 2.17. The third-order valence-electron chi connectivity index (χ3n) is 2.28. The molecule has 0 spiro atoms. The van der Waals surface area contributed by atoms with Crippen LogP contribution in [0.4, 0.5) is 17.1 Å². The highest BCUT2D eigenvalue weighted by Gasteiger charge is 2.10. The number of carbonyl (C=O) groups is 1. The van der Waals surface area contributed by atoms with Gasteiger partial charge in [0.05, 0.1) is 17.4 Å². The summed E-state index contributed by atoms with van der Waals surface area (Å²) in [5.74, 6) is -0.282. The molecule has 5 N–H and O–H groups in total. The number of hydrogen-bond donors (Lipinski definition) is 3. The number of nitrogen functional groups attached to an aromatic ring is 2. The van der Waals surface area contributed by atoms with Crippen LogP contribution in [0.3, 0.4) is 0 Å². The number of rotatable bonds is 2. The largest absolute Gasteiger partial charge is 0.399 e. The number of benzene rings is 1. The van der Waals surface area contributed by atoms with E-state index in [1.165, 1.54) is 0 Å². The molecule has 0 atom stereocenters. The van der Waals surface area contributed by atoms with Crippen LogP contribution < -0.4 is 16.8 Å². The molecule has 17 heavy (non-hydrogen) atoms. The standard InChI is InChI=1S/C11H13N5O/c1-16-6-8(5-14-16)15-11(17)9-3-2-7(12)4-10(9)13/h2-6H,12-13H2,1H3,(H,15,17). The van der Waals surface area contributed by atoms with E-state index in [4.69, 9.17) is 11.5 Å². The van der Waals surface area contributed by atoms with E-state index in [0.717, 1.165) is 0 Å². The van der Waals surface area contributed by atoms with Gasteiger partial charge in [-0.1, -0.05) is 0 Å². The lowest BCUT2D eigenvalue weighted by Gasteiger charge is -2.06. The first kappa shape index (κ1) is 11.0. The Morgan fingerprint density at radius 1 is 1.41 bits per heavy atom. The molecule has 1 amide bonds. The van der Waals surface area contributed by atoms with Crippen molar-refractivity contribution in [3.05, 3.63) is 36.2 Å². The fraction of sp³-hybridized carbons (Fsp3) is 0.0909. The summed E-state index contributed by atoms with van der Waals surface area (Å²) < 4.78 is 1.60. The summed E-state index contributed by atoms with van der Waals surface area (Å²) in [7, 11) is 1.77. The topological polar surface area (TPSA) is 99.0 Å². The highest BCUT2D eigenvalue weighted by atomic mass is 16.1. The zero-order valence-corrected chi connectivity index (χ0v) is 9.34. The van der Waals surface area contributed by atoms with Gasteiger partial charge < -0.3 is 16.8 Å². The van der Waals surface area contributed by atoms with Crippen molar-refractivity contribution in [2.45, 2.75) is 0 Å². The van der Waals surface area contributed by atoms with Crippen molar-refractivity contribution in [1.29, 1.82) is 0 Å². The van der Waals surface area contributed by atoms with Gasteiger partial charge in [-0.15, -0.1) is 0 Å². The van der Waals surface area contributed by atoms with Crippen LogP contribution in [0.2, 0.25) is 0 Å². The summed E-state index contributed by atoms with van der Waals surface area (Å²) in [6, 6.07) is 4.78. The molecule has 0 fully saturated rings. The molecular weight excluding hydrogens is 218 g/mol. The molecule has 1 heterocycles. The number of amides is 1. The van der Waals surface area contributed by atoms with Gasteiger partial charge in [0.1, 0.15) is 0 Å². The van der Waals surface area contributed by atoms with Crippen molar-refractivity contribution in [1.82, 2.24) is 9.78 Å². The van der Waals surface area contributed by atoms with Crippen LogP contribution in [0.15, 0.2) is 30.6 Å². The highest BCUT2D eigenvalue weighted by molar-refractivity contribution is 6.07. The third kappa shape index (κ3) is 2.36. The first-order chi connectivity index (χ1) is 8.06. The minimum atomic E-state index is -0.282. The Morgan fingerprint density at radius 3 is 2.76 bits per heavy atom. The third-order valence-corrected chi connectivity index (χ3v) is 2.28. The smallest absolute Gasteiger partial charge is 0.257 e. The Hall–Kier alpha value is -2.50. The fourth-order valence-corrected chi connectivity index (χ4v) is 1.47. The molecule has 6 heteroatoms. The molecule has 0 aliphatic rings. The molecule has 0 bridgehead atoms. The lowest BCUT2D eigenvalue weighted by molar-refractivity contribution is 0.102. The van der Waals surface area contributed by atoms with Crippen LogP contribution in [0.25, 0.3) is 0 Å². The van der Waals surface area contributed by atoms with E-state index >= 15 is 0 Å². The molecule has 0 unspecified atom stereocenters. The summed E-state index contributed by atoms with van der Waals surface area (Å²) in [6.07, 6.45) is 3.26. The molecule has 1 aromatic carbocycles. The van der Waals surface area contributed by atoms with Crippen LogP contribution >= 0.6 is 0 Å². The molecule has 2 aromatic rings. The lowest BCUT2D eigenvalue weighted by Crippen LogP contribution is -2.13. The maximum Gasteiger partial charge on any atom is 0.257 e. The van der Waals surface area contributed by atoms with Gasteiger partial charge in [0.2, 0.25) is 0 Å². The monoisotopic (exact) mass is 231 g/mol. The molecule has 6 nitrogen and oxygen atoms in total. The first-order valence-electron chi connectivity index (χ1n) is 5.01. The molecule has 0 aliphatic heterocycles. The second-order valence-electron chi connectivity index (χ2n) is 3.70. The number of nitrogens with one attached hydrogen (secondary N) is 1. The van der Waals surface area contributed by atoms with Crippen molar-refractivity contribution in [2.24, 2.45) is 7.05 Å². The molecule has 2 rings (SSSR count). The number of aryl methyl sites for hydroxylation is 1. The van der Waals surface area contributed by atoms with Crippen LogP contribution in [0.1, 0.15) is 10.4 Å². The van der Waals surface area contributed by atoms with Gasteiger partial charge in [0, 0.05) is 24.6 Å². The lowest BCUT2D eigenvalue weighted by atomic mass is 10.1. The second-order valence-corrected chi connectivity index (χ2v) is 3.70. The van der Waals surface area contributed by atoms with E-state index in [0.29, 0.717) is 22.6 Å². The van der Waals surface area contributed by atoms with Crippen LogP contribution in [0, 0.1) is 0 Å². The van der Waals surface area contributed by atoms with E-state index in [-0.39, 0.29) is 5.91 Å². The average Bonchev–Trinajstić information content (AvgIpc) is 2.63. The van der Waals surface area contributed by atoms with Gasteiger partial charge in [-0.25, -0.2) is 0 Å². The minimum Gasteiger partial charge on any atom is -0.399 e. The Kier molecular flexibility index (Phi) is 2.70. The molecular formula is C11H13N5O. The Balaban J connectivity index is 2.20. The zero-order chi connectivity index (χ0) is 12.4. The Bertz CT molecular complexity index is 561.